The second kappa shape index (κ2) is 6.54. The van der Waals surface area contributed by atoms with E-state index in [1.165, 1.54) is 18.2 Å². The van der Waals surface area contributed by atoms with E-state index in [0.717, 1.165) is 16.7 Å². The molecule has 0 saturated heterocycles. The van der Waals surface area contributed by atoms with Crippen LogP contribution in [0.3, 0.4) is 0 Å². The lowest BCUT2D eigenvalue weighted by Gasteiger charge is -2.09. The van der Waals surface area contributed by atoms with Crippen LogP contribution in [0.2, 0.25) is 0 Å². The number of ether oxygens (including phenoxy) is 1. The standard InChI is InChI=1S/C18H15FN2O3/c1-11-8-14(19)6-7-16(11)23-10-12-2-4-13(5-3-12)15-9-17(18(20)22)24-21-15/h2-9H,10H2,1H3,(H2,20,22). The summed E-state index contributed by atoms with van der Waals surface area (Å²) in [5.41, 5.74) is 8.15. The molecule has 3 rings (SSSR count). The summed E-state index contributed by atoms with van der Waals surface area (Å²) in [4.78, 5) is 11.0. The highest BCUT2D eigenvalue weighted by Gasteiger charge is 2.10. The van der Waals surface area contributed by atoms with Crippen LogP contribution >= 0.6 is 0 Å². The molecule has 2 N–H and O–H groups in total. The summed E-state index contributed by atoms with van der Waals surface area (Å²) < 4.78 is 23.6. The van der Waals surface area contributed by atoms with Crippen LogP contribution in [-0.4, -0.2) is 11.1 Å². The lowest BCUT2D eigenvalue weighted by atomic mass is 10.1. The highest BCUT2D eigenvalue weighted by atomic mass is 19.1. The number of nitrogens with zero attached hydrogens (tertiary/aromatic N) is 1. The third-order valence-electron chi connectivity index (χ3n) is 3.53. The van der Waals surface area contributed by atoms with Gasteiger partial charge in [0.25, 0.3) is 5.91 Å². The Bertz CT molecular complexity index is 872. The van der Waals surface area contributed by atoms with Crippen LogP contribution in [0.4, 0.5) is 4.39 Å². The Kier molecular flexibility index (Phi) is 4.29. The summed E-state index contributed by atoms with van der Waals surface area (Å²) in [6.07, 6.45) is 0. The van der Waals surface area contributed by atoms with E-state index in [2.05, 4.69) is 5.16 Å². The van der Waals surface area contributed by atoms with Gasteiger partial charge < -0.3 is 15.0 Å². The van der Waals surface area contributed by atoms with Crippen molar-refractivity contribution in [3.05, 3.63) is 71.2 Å². The summed E-state index contributed by atoms with van der Waals surface area (Å²) in [5, 5.41) is 3.81. The molecule has 0 atom stereocenters. The summed E-state index contributed by atoms with van der Waals surface area (Å²) in [6, 6.07) is 13.4. The lowest BCUT2D eigenvalue weighted by molar-refractivity contribution is 0.0965. The molecule has 1 aromatic heterocycles. The predicted molar refractivity (Wildman–Crippen MR) is 85.9 cm³/mol. The molecule has 2 aromatic carbocycles. The Labute approximate surface area is 137 Å². The van der Waals surface area contributed by atoms with Gasteiger partial charge in [0.2, 0.25) is 5.76 Å². The largest absolute Gasteiger partial charge is 0.489 e. The van der Waals surface area contributed by atoms with Gasteiger partial charge in [-0.05, 0) is 36.2 Å². The van der Waals surface area contributed by atoms with Gasteiger partial charge >= 0.3 is 0 Å². The fourth-order valence-corrected chi connectivity index (χ4v) is 2.23. The topological polar surface area (TPSA) is 78.4 Å². The minimum Gasteiger partial charge on any atom is -0.489 e. The molecular formula is C18H15FN2O3. The monoisotopic (exact) mass is 326 g/mol. The molecule has 0 fully saturated rings. The maximum absolute atomic E-state index is 13.1. The summed E-state index contributed by atoms with van der Waals surface area (Å²) in [7, 11) is 0. The van der Waals surface area contributed by atoms with Crippen LogP contribution in [0.25, 0.3) is 11.3 Å². The number of amides is 1. The molecule has 24 heavy (non-hydrogen) atoms. The minimum atomic E-state index is -0.659. The van der Waals surface area contributed by atoms with Crippen LogP contribution in [0.15, 0.2) is 53.1 Å². The van der Waals surface area contributed by atoms with E-state index < -0.39 is 5.91 Å². The van der Waals surface area contributed by atoms with Crippen molar-refractivity contribution < 1.29 is 18.4 Å². The van der Waals surface area contributed by atoms with Crippen LogP contribution in [0.5, 0.6) is 5.75 Å². The van der Waals surface area contributed by atoms with Crippen LogP contribution < -0.4 is 10.5 Å². The molecule has 1 heterocycles. The SMILES string of the molecule is Cc1cc(F)ccc1OCc1ccc(-c2cc(C(N)=O)on2)cc1. The maximum atomic E-state index is 13.1. The number of hydrogen-bond acceptors (Lipinski definition) is 4. The first-order chi connectivity index (χ1) is 11.5. The van der Waals surface area contributed by atoms with Gasteiger partial charge in [-0.3, -0.25) is 4.79 Å². The zero-order valence-corrected chi connectivity index (χ0v) is 13.0. The van der Waals surface area contributed by atoms with Crippen LogP contribution in [0, 0.1) is 12.7 Å². The molecule has 0 unspecified atom stereocenters. The number of benzene rings is 2. The van der Waals surface area contributed by atoms with Crippen molar-refractivity contribution in [2.45, 2.75) is 13.5 Å². The number of aromatic nitrogens is 1. The van der Waals surface area contributed by atoms with Crippen molar-refractivity contribution in [1.82, 2.24) is 5.16 Å². The highest BCUT2D eigenvalue weighted by molar-refractivity contribution is 5.90. The van der Waals surface area contributed by atoms with Crippen molar-refractivity contribution in [2.24, 2.45) is 5.73 Å². The minimum absolute atomic E-state index is 0.0178. The fraction of sp³-hybridized carbons (Fsp3) is 0.111. The molecule has 5 nitrogen and oxygen atoms in total. The predicted octanol–water partition coefficient (Wildman–Crippen LogP) is 3.47. The molecule has 3 aromatic rings. The molecule has 0 aliphatic heterocycles. The van der Waals surface area contributed by atoms with E-state index >= 15 is 0 Å². The number of carbonyl (C=O) groups excluding carboxylic acids is 1. The second-order valence-electron chi connectivity index (χ2n) is 5.34. The van der Waals surface area contributed by atoms with Gasteiger partial charge in [-0.15, -0.1) is 0 Å². The number of halogens is 1. The van der Waals surface area contributed by atoms with Gasteiger partial charge in [-0.2, -0.15) is 0 Å². The first kappa shape index (κ1) is 15.7. The Hall–Kier alpha value is -3.15. The van der Waals surface area contributed by atoms with E-state index in [-0.39, 0.29) is 11.6 Å². The molecule has 0 bridgehead atoms. The Balaban J connectivity index is 1.69. The zero-order valence-electron chi connectivity index (χ0n) is 13.0. The average Bonchev–Trinajstić information content (AvgIpc) is 3.05. The first-order valence-corrected chi connectivity index (χ1v) is 7.28. The number of carbonyl (C=O) groups is 1. The number of aryl methyl sites for hydroxylation is 1. The molecule has 1 amide bonds. The molecule has 0 spiro atoms. The highest BCUT2D eigenvalue weighted by Crippen LogP contribution is 2.22. The molecule has 6 heteroatoms. The Morgan fingerprint density at radius 3 is 2.58 bits per heavy atom. The van der Waals surface area contributed by atoms with E-state index in [1.807, 2.05) is 24.3 Å². The van der Waals surface area contributed by atoms with Crippen molar-refractivity contribution in [1.29, 1.82) is 0 Å². The van der Waals surface area contributed by atoms with E-state index in [0.29, 0.717) is 18.1 Å². The number of rotatable bonds is 5. The van der Waals surface area contributed by atoms with Crippen LogP contribution in [0.1, 0.15) is 21.7 Å². The molecule has 0 radical (unpaired) electrons. The Morgan fingerprint density at radius 2 is 1.96 bits per heavy atom. The lowest BCUT2D eigenvalue weighted by Crippen LogP contribution is -2.09. The number of nitrogens with two attached hydrogens (primary N) is 1. The van der Waals surface area contributed by atoms with Gasteiger partial charge in [-0.25, -0.2) is 4.39 Å². The van der Waals surface area contributed by atoms with Crippen LogP contribution in [-0.2, 0) is 6.61 Å². The third-order valence-corrected chi connectivity index (χ3v) is 3.53. The number of hydrogen-bond donors (Lipinski definition) is 1. The van der Waals surface area contributed by atoms with E-state index in [9.17, 15) is 9.18 Å². The molecular weight excluding hydrogens is 311 g/mol. The van der Waals surface area contributed by atoms with Crippen molar-refractivity contribution in [2.75, 3.05) is 0 Å². The molecule has 0 aliphatic carbocycles. The molecule has 0 aliphatic rings. The Morgan fingerprint density at radius 1 is 1.21 bits per heavy atom. The van der Waals surface area contributed by atoms with Gasteiger partial charge in [-0.1, -0.05) is 29.4 Å². The van der Waals surface area contributed by atoms with E-state index in [4.69, 9.17) is 15.0 Å². The summed E-state index contributed by atoms with van der Waals surface area (Å²) >= 11 is 0. The molecule has 122 valence electrons. The van der Waals surface area contributed by atoms with Crippen molar-refractivity contribution >= 4 is 5.91 Å². The summed E-state index contributed by atoms with van der Waals surface area (Å²) in [6.45, 7) is 2.15. The smallest absolute Gasteiger partial charge is 0.287 e. The zero-order chi connectivity index (χ0) is 17.1. The first-order valence-electron chi connectivity index (χ1n) is 7.28. The van der Waals surface area contributed by atoms with Gasteiger partial charge in [0, 0.05) is 11.6 Å². The number of primary amides is 1. The van der Waals surface area contributed by atoms with Gasteiger partial charge in [0.15, 0.2) is 0 Å². The fourth-order valence-electron chi connectivity index (χ4n) is 2.23. The maximum Gasteiger partial charge on any atom is 0.287 e. The second-order valence-corrected chi connectivity index (χ2v) is 5.34. The third kappa shape index (κ3) is 3.43. The van der Waals surface area contributed by atoms with Crippen molar-refractivity contribution in [3.8, 4) is 17.0 Å². The van der Waals surface area contributed by atoms with Gasteiger partial charge in [0.1, 0.15) is 23.9 Å². The average molecular weight is 326 g/mol. The van der Waals surface area contributed by atoms with Crippen molar-refractivity contribution in [3.63, 3.8) is 0 Å². The molecule has 0 saturated carbocycles. The van der Waals surface area contributed by atoms with Gasteiger partial charge in [0.05, 0.1) is 0 Å². The normalized spacial score (nSPS) is 10.6. The van der Waals surface area contributed by atoms with E-state index in [1.54, 1.807) is 13.0 Å². The summed E-state index contributed by atoms with van der Waals surface area (Å²) in [5.74, 6) is -0.284. The quantitative estimate of drug-likeness (QED) is 0.779.